The minimum absolute atomic E-state index is 0.184. The average Bonchev–Trinajstić information content (AvgIpc) is 2.20. The highest BCUT2D eigenvalue weighted by molar-refractivity contribution is 4.87. The van der Waals surface area contributed by atoms with E-state index in [1.165, 1.54) is 44.9 Å². The lowest BCUT2D eigenvalue weighted by molar-refractivity contribution is -0.175. The normalized spacial score (nSPS) is 18.8. The van der Waals surface area contributed by atoms with E-state index in [-0.39, 0.29) is 5.60 Å². The molecule has 1 aliphatic rings. The summed E-state index contributed by atoms with van der Waals surface area (Å²) < 4.78 is 11.3. The predicted octanol–water partition coefficient (Wildman–Crippen LogP) is 3.89. The van der Waals surface area contributed by atoms with E-state index in [1.807, 2.05) is 0 Å². The Kier molecular flexibility index (Phi) is 6.26. The van der Waals surface area contributed by atoms with Crippen molar-refractivity contribution in [3.63, 3.8) is 0 Å². The maximum atomic E-state index is 5.80. The van der Waals surface area contributed by atoms with Crippen LogP contribution in [0.15, 0.2) is 0 Å². The summed E-state index contributed by atoms with van der Waals surface area (Å²) in [5, 5.41) is 0. The summed E-state index contributed by atoms with van der Waals surface area (Å²) in [5.41, 5.74) is 0.184. The zero-order valence-electron chi connectivity index (χ0n) is 10.4. The second-order valence-electron chi connectivity index (χ2n) is 4.62. The molecule has 0 aromatic heterocycles. The predicted molar refractivity (Wildman–Crippen MR) is 62.9 cm³/mol. The third-order valence-electron chi connectivity index (χ3n) is 3.50. The Hall–Kier alpha value is -0.0800. The molecular weight excluding hydrogens is 188 g/mol. The summed E-state index contributed by atoms with van der Waals surface area (Å²) in [7, 11) is 0. The molecule has 0 saturated heterocycles. The van der Waals surface area contributed by atoms with Crippen LogP contribution >= 0.6 is 0 Å². The van der Waals surface area contributed by atoms with E-state index in [1.54, 1.807) is 0 Å². The van der Waals surface area contributed by atoms with Crippen LogP contribution in [-0.2, 0) is 9.47 Å². The largest absolute Gasteiger partial charge is 0.355 e. The maximum Gasteiger partial charge on any atom is 0.147 e. The third kappa shape index (κ3) is 4.52. The first-order chi connectivity index (χ1) is 7.33. The Morgan fingerprint density at radius 3 is 2.40 bits per heavy atom. The lowest BCUT2D eigenvalue weighted by atomic mass is 9.78. The summed E-state index contributed by atoms with van der Waals surface area (Å²) in [6, 6.07) is 0. The Balaban J connectivity index is 1.88. The highest BCUT2D eigenvalue weighted by Crippen LogP contribution is 2.38. The molecule has 0 bridgehead atoms. The first-order valence-corrected chi connectivity index (χ1v) is 6.55. The lowest BCUT2D eigenvalue weighted by Crippen LogP contribution is -2.39. The zero-order valence-corrected chi connectivity index (χ0v) is 10.4. The summed E-state index contributed by atoms with van der Waals surface area (Å²) in [4.78, 5) is 0. The van der Waals surface area contributed by atoms with Gasteiger partial charge in [0.1, 0.15) is 6.79 Å². The quantitative estimate of drug-likeness (QED) is 0.428. The number of unbranched alkanes of at least 4 members (excludes halogenated alkanes) is 3. The van der Waals surface area contributed by atoms with Crippen molar-refractivity contribution in [2.45, 2.75) is 70.8 Å². The Labute approximate surface area is 94.3 Å². The van der Waals surface area contributed by atoms with E-state index in [0.717, 1.165) is 13.0 Å². The van der Waals surface area contributed by atoms with Gasteiger partial charge in [0, 0.05) is 6.61 Å². The standard InChI is InChI=1S/C13H26O2/c1-3-5-6-7-11-14-12-15-13(4-2)9-8-10-13/h3-12H2,1-2H3. The van der Waals surface area contributed by atoms with Gasteiger partial charge >= 0.3 is 0 Å². The molecule has 0 aliphatic heterocycles. The second-order valence-corrected chi connectivity index (χ2v) is 4.62. The van der Waals surface area contributed by atoms with Gasteiger partial charge in [-0.15, -0.1) is 0 Å². The van der Waals surface area contributed by atoms with Gasteiger partial charge in [-0.2, -0.15) is 0 Å². The van der Waals surface area contributed by atoms with Gasteiger partial charge in [0.05, 0.1) is 5.60 Å². The number of ether oxygens (including phenoxy) is 2. The Bertz CT molecular complexity index is 147. The molecule has 1 fully saturated rings. The molecule has 90 valence electrons. The topological polar surface area (TPSA) is 18.5 Å². The van der Waals surface area contributed by atoms with Crippen LogP contribution in [0.2, 0.25) is 0 Å². The summed E-state index contributed by atoms with van der Waals surface area (Å²) in [6.45, 7) is 5.80. The second kappa shape index (κ2) is 7.24. The van der Waals surface area contributed by atoms with Gasteiger partial charge < -0.3 is 9.47 Å². The van der Waals surface area contributed by atoms with Crippen molar-refractivity contribution in [2.24, 2.45) is 0 Å². The lowest BCUT2D eigenvalue weighted by Gasteiger charge is -2.40. The van der Waals surface area contributed by atoms with E-state index < -0.39 is 0 Å². The van der Waals surface area contributed by atoms with Gasteiger partial charge in [-0.25, -0.2) is 0 Å². The molecule has 2 heteroatoms. The molecule has 1 saturated carbocycles. The molecule has 2 nitrogen and oxygen atoms in total. The molecular formula is C13H26O2. The van der Waals surface area contributed by atoms with Crippen molar-refractivity contribution >= 4 is 0 Å². The van der Waals surface area contributed by atoms with E-state index in [0.29, 0.717) is 6.79 Å². The smallest absolute Gasteiger partial charge is 0.147 e. The molecule has 0 aromatic rings. The third-order valence-corrected chi connectivity index (χ3v) is 3.50. The van der Waals surface area contributed by atoms with Gasteiger partial charge in [0.15, 0.2) is 0 Å². The highest BCUT2D eigenvalue weighted by atomic mass is 16.7. The number of rotatable bonds is 9. The highest BCUT2D eigenvalue weighted by Gasteiger charge is 2.35. The SMILES string of the molecule is CCCCCCOCOC1(CC)CCC1. The fourth-order valence-electron chi connectivity index (χ4n) is 2.03. The van der Waals surface area contributed by atoms with Crippen molar-refractivity contribution in [3.05, 3.63) is 0 Å². The molecule has 1 aliphatic carbocycles. The van der Waals surface area contributed by atoms with Crippen LogP contribution < -0.4 is 0 Å². The van der Waals surface area contributed by atoms with Crippen LogP contribution in [0.1, 0.15) is 65.2 Å². The van der Waals surface area contributed by atoms with E-state index >= 15 is 0 Å². The minimum atomic E-state index is 0.184. The molecule has 0 atom stereocenters. The molecule has 0 unspecified atom stereocenters. The fraction of sp³-hybridized carbons (Fsp3) is 1.00. The first kappa shape index (κ1) is 13.0. The fourth-order valence-corrected chi connectivity index (χ4v) is 2.03. The van der Waals surface area contributed by atoms with Crippen molar-refractivity contribution in [1.82, 2.24) is 0 Å². The van der Waals surface area contributed by atoms with Crippen molar-refractivity contribution in [3.8, 4) is 0 Å². The first-order valence-electron chi connectivity index (χ1n) is 6.55. The van der Waals surface area contributed by atoms with E-state index in [2.05, 4.69) is 13.8 Å². The van der Waals surface area contributed by atoms with E-state index in [9.17, 15) is 0 Å². The minimum Gasteiger partial charge on any atom is -0.355 e. The van der Waals surface area contributed by atoms with E-state index in [4.69, 9.17) is 9.47 Å². The molecule has 1 rings (SSSR count). The zero-order chi connectivity index (χ0) is 11.0. The molecule has 0 radical (unpaired) electrons. The van der Waals surface area contributed by atoms with Gasteiger partial charge in [0.25, 0.3) is 0 Å². The number of hydrogen-bond acceptors (Lipinski definition) is 2. The Morgan fingerprint density at radius 1 is 1.07 bits per heavy atom. The molecule has 0 N–H and O–H groups in total. The van der Waals surface area contributed by atoms with Crippen LogP contribution in [0, 0.1) is 0 Å². The van der Waals surface area contributed by atoms with Gasteiger partial charge in [-0.1, -0.05) is 33.1 Å². The molecule has 0 spiro atoms. The van der Waals surface area contributed by atoms with Crippen molar-refractivity contribution < 1.29 is 9.47 Å². The average molecular weight is 214 g/mol. The van der Waals surface area contributed by atoms with Gasteiger partial charge in [-0.3, -0.25) is 0 Å². The van der Waals surface area contributed by atoms with Crippen molar-refractivity contribution in [1.29, 1.82) is 0 Å². The summed E-state index contributed by atoms with van der Waals surface area (Å²) >= 11 is 0. The molecule has 0 heterocycles. The molecule has 0 amide bonds. The van der Waals surface area contributed by atoms with Crippen LogP contribution in [0.5, 0.6) is 0 Å². The van der Waals surface area contributed by atoms with Gasteiger partial charge in [0.2, 0.25) is 0 Å². The number of hydrogen-bond donors (Lipinski definition) is 0. The van der Waals surface area contributed by atoms with Crippen LogP contribution in [0.25, 0.3) is 0 Å². The monoisotopic (exact) mass is 214 g/mol. The van der Waals surface area contributed by atoms with Crippen LogP contribution in [-0.4, -0.2) is 19.0 Å². The summed E-state index contributed by atoms with van der Waals surface area (Å²) in [5.74, 6) is 0. The summed E-state index contributed by atoms with van der Waals surface area (Å²) in [6.07, 6.45) is 9.98. The van der Waals surface area contributed by atoms with Crippen LogP contribution in [0.3, 0.4) is 0 Å². The van der Waals surface area contributed by atoms with Gasteiger partial charge in [-0.05, 0) is 32.1 Å². The molecule has 0 aromatic carbocycles. The Morgan fingerprint density at radius 2 is 1.87 bits per heavy atom. The van der Waals surface area contributed by atoms with Crippen LogP contribution in [0.4, 0.5) is 0 Å². The molecule has 15 heavy (non-hydrogen) atoms. The maximum absolute atomic E-state index is 5.80. The van der Waals surface area contributed by atoms with Crippen molar-refractivity contribution in [2.75, 3.05) is 13.4 Å².